The van der Waals surface area contributed by atoms with Crippen LogP contribution in [0.25, 0.3) is 6.08 Å². The molecule has 2 aliphatic rings. The Bertz CT molecular complexity index is 646. The number of benzene rings is 1. The summed E-state index contributed by atoms with van der Waals surface area (Å²) in [5.74, 6) is 0.0191. The molecule has 1 saturated heterocycles. The summed E-state index contributed by atoms with van der Waals surface area (Å²) in [5, 5.41) is 8.47. The van der Waals surface area contributed by atoms with Gasteiger partial charge < -0.3 is 9.64 Å². The molecule has 0 bridgehead atoms. The topological polar surface area (TPSA) is 78.9 Å². The highest BCUT2D eigenvalue weighted by atomic mass is 16.5. The van der Waals surface area contributed by atoms with Crippen molar-refractivity contribution >= 4 is 17.8 Å². The van der Waals surface area contributed by atoms with Gasteiger partial charge in [0.2, 0.25) is 5.78 Å². The van der Waals surface area contributed by atoms with Gasteiger partial charge in [0.15, 0.2) is 5.60 Å². The summed E-state index contributed by atoms with van der Waals surface area (Å²) < 4.78 is 5.98. The number of nitrogens with zero attached hydrogens (tertiary/aromatic N) is 1. The van der Waals surface area contributed by atoms with E-state index in [1.807, 2.05) is 7.05 Å². The molecular formula is C16H18N2O4. The first-order chi connectivity index (χ1) is 10.5. The number of Topliss-reactive ketones (excluding diaryl/α,β-unsaturated/α-hetero) is 1. The second-order valence-corrected chi connectivity index (χ2v) is 5.79. The van der Waals surface area contributed by atoms with E-state index in [-0.39, 0.29) is 5.78 Å². The van der Waals surface area contributed by atoms with Gasteiger partial charge in [0.05, 0.1) is 5.56 Å². The SMILES string of the molecule is CN1CCC2(CC1)Oc1ccc(/C=C/C(=O)NO)cc1C2=O. The number of hydrogen-bond donors (Lipinski definition) is 2. The Labute approximate surface area is 128 Å². The third kappa shape index (κ3) is 2.51. The summed E-state index contributed by atoms with van der Waals surface area (Å²) in [5.41, 5.74) is 2.08. The van der Waals surface area contributed by atoms with Crippen molar-refractivity contribution in [2.45, 2.75) is 18.4 Å². The minimum absolute atomic E-state index is 0.0254. The quantitative estimate of drug-likeness (QED) is 0.488. The van der Waals surface area contributed by atoms with Crippen LogP contribution in [0.5, 0.6) is 5.75 Å². The Morgan fingerprint density at radius 1 is 1.41 bits per heavy atom. The maximum atomic E-state index is 12.7. The van der Waals surface area contributed by atoms with E-state index in [1.54, 1.807) is 24.3 Å². The van der Waals surface area contributed by atoms with Gasteiger partial charge in [-0.1, -0.05) is 6.07 Å². The van der Waals surface area contributed by atoms with Gasteiger partial charge in [-0.3, -0.25) is 14.8 Å². The molecule has 1 fully saturated rings. The summed E-state index contributed by atoms with van der Waals surface area (Å²) in [6.07, 6.45) is 4.12. The largest absolute Gasteiger partial charge is 0.478 e. The summed E-state index contributed by atoms with van der Waals surface area (Å²) in [4.78, 5) is 25.9. The summed E-state index contributed by atoms with van der Waals surface area (Å²) >= 11 is 0. The zero-order valence-electron chi connectivity index (χ0n) is 12.3. The standard InChI is InChI=1S/C16H18N2O4/c1-18-8-6-16(7-9-18)15(20)12-10-11(2-4-13(12)22-16)3-5-14(19)17-21/h2-5,10,21H,6-9H2,1H3,(H,17,19)/b5-3+. The molecule has 22 heavy (non-hydrogen) atoms. The van der Waals surface area contributed by atoms with E-state index < -0.39 is 11.5 Å². The van der Waals surface area contributed by atoms with Crippen molar-refractivity contribution in [3.05, 3.63) is 35.4 Å². The number of carbonyl (C=O) groups excluding carboxylic acids is 2. The first-order valence-electron chi connectivity index (χ1n) is 7.23. The van der Waals surface area contributed by atoms with E-state index in [0.717, 1.165) is 13.1 Å². The van der Waals surface area contributed by atoms with Crippen molar-refractivity contribution in [1.29, 1.82) is 0 Å². The molecule has 116 valence electrons. The molecule has 0 saturated carbocycles. The molecule has 1 aromatic rings. The molecule has 1 spiro atoms. The third-order valence-electron chi connectivity index (χ3n) is 4.30. The molecule has 6 heteroatoms. The molecule has 0 unspecified atom stereocenters. The zero-order chi connectivity index (χ0) is 15.7. The lowest BCUT2D eigenvalue weighted by atomic mass is 9.86. The Morgan fingerprint density at radius 2 is 2.14 bits per heavy atom. The van der Waals surface area contributed by atoms with Crippen LogP contribution in [-0.4, -0.2) is 47.5 Å². The van der Waals surface area contributed by atoms with E-state index >= 15 is 0 Å². The number of piperidine rings is 1. The number of likely N-dealkylation sites (tertiary alicyclic amines) is 1. The van der Waals surface area contributed by atoms with Gasteiger partial charge in [-0.25, -0.2) is 5.48 Å². The number of nitrogens with one attached hydrogen (secondary N) is 1. The maximum absolute atomic E-state index is 12.7. The number of amides is 1. The molecule has 0 aliphatic carbocycles. The zero-order valence-corrected chi connectivity index (χ0v) is 12.3. The van der Waals surface area contributed by atoms with Crippen LogP contribution < -0.4 is 10.2 Å². The maximum Gasteiger partial charge on any atom is 0.267 e. The molecule has 6 nitrogen and oxygen atoms in total. The van der Waals surface area contributed by atoms with Gasteiger partial charge in [-0.15, -0.1) is 0 Å². The highest BCUT2D eigenvalue weighted by Gasteiger charge is 2.49. The fourth-order valence-electron chi connectivity index (χ4n) is 2.94. The average molecular weight is 302 g/mol. The van der Waals surface area contributed by atoms with Crippen molar-refractivity contribution in [2.24, 2.45) is 0 Å². The van der Waals surface area contributed by atoms with Crippen LogP contribution in [0.3, 0.4) is 0 Å². The summed E-state index contributed by atoms with van der Waals surface area (Å²) in [6.45, 7) is 1.67. The predicted octanol–water partition coefficient (Wildman–Crippen LogP) is 1.24. The van der Waals surface area contributed by atoms with Crippen molar-refractivity contribution in [2.75, 3.05) is 20.1 Å². The molecule has 0 atom stereocenters. The predicted molar refractivity (Wildman–Crippen MR) is 79.8 cm³/mol. The monoisotopic (exact) mass is 302 g/mol. The number of hydroxylamine groups is 1. The van der Waals surface area contributed by atoms with E-state index in [0.29, 0.717) is 29.7 Å². The smallest absolute Gasteiger partial charge is 0.267 e. The van der Waals surface area contributed by atoms with E-state index in [1.165, 1.54) is 11.6 Å². The minimum Gasteiger partial charge on any atom is -0.478 e. The van der Waals surface area contributed by atoms with Crippen LogP contribution >= 0.6 is 0 Å². The lowest BCUT2D eigenvalue weighted by molar-refractivity contribution is -0.124. The number of ether oxygens (including phenoxy) is 1. The third-order valence-corrected chi connectivity index (χ3v) is 4.30. The van der Waals surface area contributed by atoms with Gasteiger partial charge in [-0.05, 0) is 30.8 Å². The van der Waals surface area contributed by atoms with Crippen LogP contribution in [0.1, 0.15) is 28.8 Å². The molecule has 1 amide bonds. The molecule has 0 radical (unpaired) electrons. The van der Waals surface area contributed by atoms with Gasteiger partial charge in [0, 0.05) is 32.0 Å². The van der Waals surface area contributed by atoms with Crippen molar-refractivity contribution in [3.8, 4) is 5.75 Å². The molecule has 2 N–H and O–H groups in total. The summed E-state index contributed by atoms with van der Waals surface area (Å²) in [7, 11) is 2.04. The second-order valence-electron chi connectivity index (χ2n) is 5.79. The fraction of sp³-hybridized carbons (Fsp3) is 0.375. The Balaban J connectivity index is 1.84. The van der Waals surface area contributed by atoms with E-state index in [2.05, 4.69) is 4.90 Å². The number of fused-ring (bicyclic) bond motifs is 1. The molecule has 1 aromatic carbocycles. The van der Waals surface area contributed by atoms with Crippen LogP contribution in [0.2, 0.25) is 0 Å². The Hall–Kier alpha value is -2.18. The highest BCUT2D eigenvalue weighted by Crippen LogP contribution is 2.41. The van der Waals surface area contributed by atoms with Gasteiger partial charge >= 0.3 is 0 Å². The van der Waals surface area contributed by atoms with Gasteiger partial charge in [-0.2, -0.15) is 0 Å². The lowest BCUT2D eigenvalue weighted by Gasteiger charge is -2.35. The number of carbonyl (C=O) groups is 2. The Kier molecular flexibility index (Phi) is 3.72. The number of rotatable bonds is 2. The fourth-order valence-corrected chi connectivity index (χ4v) is 2.94. The normalized spacial score (nSPS) is 20.2. The van der Waals surface area contributed by atoms with E-state index in [9.17, 15) is 9.59 Å². The highest BCUT2D eigenvalue weighted by molar-refractivity contribution is 6.08. The van der Waals surface area contributed by atoms with Crippen LogP contribution in [0.4, 0.5) is 0 Å². The lowest BCUT2D eigenvalue weighted by Crippen LogP contribution is -2.49. The molecule has 3 rings (SSSR count). The van der Waals surface area contributed by atoms with Crippen molar-refractivity contribution in [1.82, 2.24) is 10.4 Å². The summed E-state index contributed by atoms with van der Waals surface area (Å²) in [6, 6.07) is 5.27. The first kappa shape index (κ1) is 14.7. The van der Waals surface area contributed by atoms with Gasteiger partial charge in [0.25, 0.3) is 5.91 Å². The van der Waals surface area contributed by atoms with Crippen LogP contribution in [0, 0.1) is 0 Å². The average Bonchev–Trinajstić information content (AvgIpc) is 2.80. The van der Waals surface area contributed by atoms with Crippen molar-refractivity contribution < 1.29 is 19.5 Å². The van der Waals surface area contributed by atoms with Crippen LogP contribution in [0.15, 0.2) is 24.3 Å². The van der Waals surface area contributed by atoms with Crippen molar-refractivity contribution in [3.63, 3.8) is 0 Å². The van der Waals surface area contributed by atoms with E-state index in [4.69, 9.17) is 9.94 Å². The molecular weight excluding hydrogens is 284 g/mol. The molecule has 2 heterocycles. The number of ketones is 1. The second kappa shape index (κ2) is 5.55. The molecule has 0 aromatic heterocycles. The number of hydrogen-bond acceptors (Lipinski definition) is 5. The van der Waals surface area contributed by atoms with Crippen LogP contribution in [-0.2, 0) is 4.79 Å². The first-order valence-corrected chi connectivity index (χ1v) is 7.23. The minimum atomic E-state index is -0.723. The molecule has 2 aliphatic heterocycles. The van der Waals surface area contributed by atoms with Gasteiger partial charge in [0.1, 0.15) is 5.75 Å². The Morgan fingerprint density at radius 3 is 2.82 bits per heavy atom.